The molecule has 0 amide bonds. The van der Waals surface area contributed by atoms with Crippen molar-refractivity contribution in [2.75, 3.05) is 18.8 Å². The van der Waals surface area contributed by atoms with E-state index in [9.17, 15) is 13.2 Å². The van der Waals surface area contributed by atoms with Crippen LogP contribution in [0.4, 0.5) is 5.82 Å². The summed E-state index contributed by atoms with van der Waals surface area (Å²) in [6.07, 6.45) is 5.54. The van der Waals surface area contributed by atoms with Crippen LogP contribution in [0.5, 0.6) is 0 Å². The first-order valence-corrected chi connectivity index (χ1v) is 11.6. The molecule has 0 unspecified atom stereocenters. The van der Waals surface area contributed by atoms with Gasteiger partial charge in [0.2, 0.25) is 10.0 Å². The molecular weight excluding hydrogens is 420 g/mol. The van der Waals surface area contributed by atoms with Crippen LogP contribution in [-0.4, -0.2) is 51.3 Å². The summed E-state index contributed by atoms with van der Waals surface area (Å²) >= 11 is 0. The van der Waals surface area contributed by atoms with E-state index in [4.69, 9.17) is 10.5 Å². The molecule has 1 aromatic carbocycles. The Labute approximate surface area is 180 Å². The monoisotopic (exact) mass is 444 g/mol. The molecule has 1 aliphatic heterocycles. The highest BCUT2D eigenvalue weighted by atomic mass is 32.2. The number of nitrogens with two attached hydrogens (primary N) is 1. The lowest BCUT2D eigenvalue weighted by atomic mass is 10.2. The Morgan fingerprint density at radius 2 is 1.90 bits per heavy atom. The first-order chi connectivity index (χ1) is 14.9. The molecule has 4 rings (SSSR count). The minimum Gasteiger partial charge on any atom is -0.453 e. The second-order valence-electron chi connectivity index (χ2n) is 7.25. The fourth-order valence-electron chi connectivity index (χ4n) is 3.74. The molecule has 0 saturated carbocycles. The lowest BCUT2D eigenvalue weighted by molar-refractivity contribution is 0.0452. The molecule has 31 heavy (non-hydrogen) atoms. The molecule has 0 atom stereocenters. The number of sulfonamides is 1. The van der Waals surface area contributed by atoms with Gasteiger partial charge < -0.3 is 15.0 Å². The summed E-state index contributed by atoms with van der Waals surface area (Å²) in [7, 11) is -3.56. The van der Waals surface area contributed by atoms with E-state index in [-0.39, 0.29) is 23.0 Å². The van der Waals surface area contributed by atoms with Crippen molar-refractivity contribution in [2.45, 2.75) is 44.2 Å². The number of ether oxygens (including phenoxy) is 1. The van der Waals surface area contributed by atoms with Gasteiger partial charge in [-0.1, -0.05) is 6.42 Å². The number of nitrogen functional groups attached to an aromatic ring is 1. The van der Waals surface area contributed by atoms with Gasteiger partial charge in [0.1, 0.15) is 12.4 Å². The number of aryl methyl sites for hydroxylation is 1. The second-order valence-corrected chi connectivity index (χ2v) is 9.19. The van der Waals surface area contributed by atoms with Gasteiger partial charge >= 0.3 is 5.97 Å². The number of carbonyl (C=O) groups excluding carboxylic acids is 1. The first-order valence-electron chi connectivity index (χ1n) is 10.1. The third kappa shape index (κ3) is 4.10. The largest absolute Gasteiger partial charge is 0.453 e. The van der Waals surface area contributed by atoms with Crippen LogP contribution in [0.2, 0.25) is 0 Å². The summed E-state index contributed by atoms with van der Waals surface area (Å²) in [5.41, 5.74) is 6.91. The lowest BCUT2D eigenvalue weighted by Gasteiger charge is -2.25. The average Bonchev–Trinajstić information content (AvgIpc) is 3.15. The number of carbonyl (C=O) groups is 1. The fraction of sp³-hybridized carbons (Fsp3) is 0.400. The summed E-state index contributed by atoms with van der Waals surface area (Å²) in [6, 6.07) is 4.93. The standard InChI is InChI=1S/C20H24N6O4S/c1-2-26-16-7-6-14(31(28,29)25-10-4-3-5-11-25)12-15(16)24-17(26)13-30-20(27)18-19(21)23-9-8-22-18/h6-9,12H,2-5,10-11,13H2,1H3,(H2,21,23). The van der Waals surface area contributed by atoms with Gasteiger partial charge in [0.25, 0.3) is 0 Å². The minimum atomic E-state index is -3.56. The maximum Gasteiger partial charge on any atom is 0.361 e. The molecule has 2 aromatic heterocycles. The third-order valence-electron chi connectivity index (χ3n) is 5.32. The predicted octanol–water partition coefficient (Wildman–Crippen LogP) is 1.96. The van der Waals surface area contributed by atoms with Gasteiger partial charge in [-0.25, -0.2) is 28.2 Å². The zero-order chi connectivity index (χ0) is 22.0. The van der Waals surface area contributed by atoms with Crippen molar-refractivity contribution in [2.24, 2.45) is 0 Å². The Morgan fingerprint density at radius 3 is 2.61 bits per heavy atom. The number of esters is 1. The van der Waals surface area contributed by atoms with Crippen molar-refractivity contribution >= 4 is 32.8 Å². The molecule has 11 heteroatoms. The molecule has 164 valence electrons. The van der Waals surface area contributed by atoms with Crippen LogP contribution in [0.1, 0.15) is 42.5 Å². The molecule has 10 nitrogen and oxygen atoms in total. The van der Waals surface area contributed by atoms with E-state index >= 15 is 0 Å². The highest BCUT2D eigenvalue weighted by Gasteiger charge is 2.27. The van der Waals surface area contributed by atoms with E-state index in [0.29, 0.717) is 31.0 Å². The molecule has 0 radical (unpaired) electrons. The summed E-state index contributed by atoms with van der Waals surface area (Å²) in [5.74, 6) is -0.210. The van der Waals surface area contributed by atoms with Crippen molar-refractivity contribution in [1.29, 1.82) is 0 Å². The fourth-order valence-corrected chi connectivity index (χ4v) is 5.28. The number of piperidine rings is 1. The van der Waals surface area contributed by atoms with E-state index in [2.05, 4.69) is 15.0 Å². The van der Waals surface area contributed by atoms with Crippen molar-refractivity contribution in [3.8, 4) is 0 Å². The number of nitrogens with zero attached hydrogens (tertiary/aromatic N) is 5. The highest BCUT2D eigenvalue weighted by molar-refractivity contribution is 7.89. The third-order valence-corrected chi connectivity index (χ3v) is 7.21. The van der Waals surface area contributed by atoms with Gasteiger partial charge in [0.05, 0.1) is 15.9 Å². The van der Waals surface area contributed by atoms with E-state index < -0.39 is 16.0 Å². The quantitative estimate of drug-likeness (QED) is 0.570. The average molecular weight is 445 g/mol. The second kappa shape index (κ2) is 8.60. The molecule has 2 N–H and O–H groups in total. The number of hydrogen-bond donors (Lipinski definition) is 1. The summed E-state index contributed by atoms with van der Waals surface area (Å²) in [6.45, 7) is 3.49. The SMILES string of the molecule is CCn1c(COC(=O)c2nccnc2N)nc2cc(S(=O)(=O)N3CCCCC3)ccc21. The normalized spacial score (nSPS) is 15.3. The lowest BCUT2D eigenvalue weighted by Crippen LogP contribution is -2.35. The molecule has 0 spiro atoms. The van der Waals surface area contributed by atoms with Gasteiger partial charge in [-0.05, 0) is 38.0 Å². The number of aromatic nitrogens is 4. The van der Waals surface area contributed by atoms with Crippen molar-refractivity contribution in [3.05, 3.63) is 42.1 Å². The topological polar surface area (TPSA) is 133 Å². The Morgan fingerprint density at radius 1 is 1.16 bits per heavy atom. The van der Waals surface area contributed by atoms with Gasteiger partial charge in [-0.15, -0.1) is 0 Å². The number of rotatable bonds is 6. The van der Waals surface area contributed by atoms with Crippen LogP contribution >= 0.6 is 0 Å². The Bertz CT molecular complexity index is 1220. The van der Waals surface area contributed by atoms with Crippen LogP contribution in [0, 0.1) is 0 Å². The van der Waals surface area contributed by atoms with E-state index in [0.717, 1.165) is 24.8 Å². The van der Waals surface area contributed by atoms with E-state index in [1.807, 2.05) is 11.5 Å². The summed E-state index contributed by atoms with van der Waals surface area (Å²) < 4.78 is 34.7. The van der Waals surface area contributed by atoms with Crippen molar-refractivity contribution in [3.63, 3.8) is 0 Å². The van der Waals surface area contributed by atoms with Gasteiger partial charge in [0, 0.05) is 32.0 Å². The molecule has 3 aromatic rings. The van der Waals surface area contributed by atoms with Crippen molar-refractivity contribution < 1.29 is 17.9 Å². The molecular formula is C20H24N6O4S. The molecule has 3 heterocycles. The number of imidazole rings is 1. The maximum absolute atomic E-state index is 13.0. The van der Waals surface area contributed by atoms with E-state index in [1.165, 1.54) is 16.7 Å². The molecule has 1 aliphatic rings. The van der Waals surface area contributed by atoms with Crippen LogP contribution in [0.15, 0.2) is 35.5 Å². The summed E-state index contributed by atoms with van der Waals surface area (Å²) in [4.78, 5) is 24.8. The van der Waals surface area contributed by atoms with Crippen LogP contribution in [0.3, 0.4) is 0 Å². The number of benzene rings is 1. The predicted molar refractivity (Wildman–Crippen MR) is 114 cm³/mol. The van der Waals surface area contributed by atoms with Gasteiger partial charge in [-0.2, -0.15) is 4.31 Å². The molecule has 1 fully saturated rings. The van der Waals surface area contributed by atoms with Gasteiger partial charge in [-0.3, -0.25) is 0 Å². The van der Waals surface area contributed by atoms with E-state index in [1.54, 1.807) is 18.2 Å². The zero-order valence-electron chi connectivity index (χ0n) is 17.2. The molecule has 1 saturated heterocycles. The Kier molecular flexibility index (Phi) is 5.88. The molecule has 0 aliphatic carbocycles. The number of hydrogen-bond acceptors (Lipinski definition) is 8. The number of anilines is 1. The summed E-state index contributed by atoms with van der Waals surface area (Å²) in [5, 5.41) is 0. The Balaban J connectivity index is 1.60. The van der Waals surface area contributed by atoms with Crippen LogP contribution in [0.25, 0.3) is 11.0 Å². The Hall–Kier alpha value is -3.05. The van der Waals surface area contributed by atoms with Crippen LogP contribution < -0.4 is 5.73 Å². The minimum absolute atomic E-state index is 0.0101. The first kappa shape index (κ1) is 21.2. The number of fused-ring (bicyclic) bond motifs is 1. The zero-order valence-corrected chi connectivity index (χ0v) is 18.0. The maximum atomic E-state index is 13.0. The van der Waals surface area contributed by atoms with Gasteiger partial charge in [0.15, 0.2) is 11.5 Å². The van der Waals surface area contributed by atoms with Crippen molar-refractivity contribution in [1.82, 2.24) is 23.8 Å². The molecule has 0 bridgehead atoms. The highest BCUT2D eigenvalue weighted by Crippen LogP contribution is 2.25. The smallest absolute Gasteiger partial charge is 0.361 e. The van der Waals surface area contributed by atoms with Crippen LogP contribution in [-0.2, 0) is 27.9 Å².